The number of para-hydroxylation sites is 1. The minimum atomic E-state index is -0.861. The van der Waals surface area contributed by atoms with Crippen LogP contribution in [-0.2, 0) is 4.79 Å². The van der Waals surface area contributed by atoms with Crippen molar-refractivity contribution < 1.29 is 14.3 Å². The topological polar surface area (TPSA) is 98.4 Å². The zero-order valence-corrected chi connectivity index (χ0v) is 20.3. The summed E-state index contributed by atoms with van der Waals surface area (Å²) in [6.07, 6.45) is 2.63. The lowest BCUT2D eigenvalue weighted by molar-refractivity contribution is -0.118. The molecule has 1 aliphatic carbocycles. The third-order valence-corrected chi connectivity index (χ3v) is 6.40. The van der Waals surface area contributed by atoms with Gasteiger partial charge in [-0.05, 0) is 41.7 Å². The summed E-state index contributed by atoms with van der Waals surface area (Å²) in [6, 6.07) is 17.2. The Bertz CT molecular complexity index is 1230. The number of ketones is 1. The number of nitrogens with one attached hydrogen (secondary N) is 2. The second-order valence-corrected chi connectivity index (χ2v) is 9.59. The van der Waals surface area contributed by atoms with Crippen LogP contribution in [0.3, 0.4) is 0 Å². The SMILES string of the molecule is C=CCOc1ccc(C2C3=C(CC(C)(C)CC3=O)N(Nc3ccccc3)C(=N)C2C#N)cc1OC. The van der Waals surface area contributed by atoms with Crippen LogP contribution in [0.15, 0.2) is 72.5 Å². The van der Waals surface area contributed by atoms with Crippen molar-refractivity contribution in [1.82, 2.24) is 5.01 Å². The molecule has 0 bridgehead atoms. The van der Waals surface area contributed by atoms with Crippen LogP contribution >= 0.6 is 0 Å². The van der Waals surface area contributed by atoms with E-state index < -0.39 is 11.8 Å². The number of nitrogens with zero attached hydrogens (tertiary/aromatic N) is 2. The van der Waals surface area contributed by atoms with Crippen LogP contribution < -0.4 is 14.9 Å². The van der Waals surface area contributed by atoms with E-state index in [9.17, 15) is 10.1 Å². The molecule has 2 unspecified atom stereocenters. The Kier molecular flexibility index (Phi) is 6.65. The Morgan fingerprint density at radius 2 is 1.97 bits per heavy atom. The van der Waals surface area contributed by atoms with E-state index in [0.29, 0.717) is 36.5 Å². The highest BCUT2D eigenvalue weighted by molar-refractivity contribution is 6.04. The van der Waals surface area contributed by atoms with Gasteiger partial charge in [0, 0.05) is 23.6 Å². The fraction of sp³-hybridized carbons (Fsp3) is 0.321. The van der Waals surface area contributed by atoms with Crippen LogP contribution in [0.5, 0.6) is 11.5 Å². The van der Waals surface area contributed by atoms with E-state index in [1.807, 2.05) is 36.4 Å². The number of hydrogen-bond donors (Lipinski definition) is 2. The molecular weight excluding hydrogens is 440 g/mol. The van der Waals surface area contributed by atoms with Crippen molar-refractivity contribution in [3.8, 4) is 17.6 Å². The number of carbonyl (C=O) groups excluding carboxylic acids is 1. The van der Waals surface area contributed by atoms with Crippen molar-refractivity contribution in [3.63, 3.8) is 0 Å². The minimum absolute atomic E-state index is 0.000174. The number of amidine groups is 1. The summed E-state index contributed by atoms with van der Waals surface area (Å²) in [5, 5.41) is 20.8. The van der Waals surface area contributed by atoms with Gasteiger partial charge in [0.2, 0.25) is 0 Å². The summed E-state index contributed by atoms with van der Waals surface area (Å²) < 4.78 is 11.2. The van der Waals surface area contributed by atoms with Gasteiger partial charge in [-0.15, -0.1) is 0 Å². The molecule has 0 saturated heterocycles. The number of carbonyl (C=O) groups is 1. The van der Waals surface area contributed by atoms with E-state index >= 15 is 0 Å². The van der Waals surface area contributed by atoms with E-state index in [1.54, 1.807) is 30.3 Å². The average molecular weight is 471 g/mol. The molecule has 0 spiro atoms. The molecule has 4 rings (SSSR count). The quantitative estimate of drug-likeness (QED) is 0.523. The molecule has 0 saturated carbocycles. The van der Waals surface area contributed by atoms with E-state index in [0.717, 1.165) is 16.9 Å². The van der Waals surface area contributed by atoms with Gasteiger partial charge in [-0.3, -0.25) is 15.6 Å². The first kappa shape index (κ1) is 24.1. The van der Waals surface area contributed by atoms with Crippen LogP contribution in [0.4, 0.5) is 5.69 Å². The first-order valence-electron chi connectivity index (χ1n) is 11.6. The fourth-order valence-electron chi connectivity index (χ4n) is 4.87. The second kappa shape index (κ2) is 9.67. The lowest BCUT2D eigenvalue weighted by Gasteiger charge is -2.45. The lowest BCUT2D eigenvalue weighted by Crippen LogP contribution is -2.49. The molecule has 0 aromatic heterocycles. The van der Waals surface area contributed by atoms with Crippen molar-refractivity contribution in [1.29, 1.82) is 10.7 Å². The predicted molar refractivity (Wildman–Crippen MR) is 135 cm³/mol. The van der Waals surface area contributed by atoms with Gasteiger partial charge in [-0.2, -0.15) is 5.26 Å². The van der Waals surface area contributed by atoms with Crippen molar-refractivity contribution >= 4 is 17.3 Å². The Hall–Kier alpha value is -4.05. The van der Waals surface area contributed by atoms with E-state index in [2.05, 4.69) is 31.9 Å². The van der Waals surface area contributed by atoms with E-state index in [1.165, 1.54) is 0 Å². The number of ether oxygens (including phenoxy) is 2. The number of nitriles is 1. The number of benzene rings is 2. The van der Waals surface area contributed by atoms with Gasteiger partial charge >= 0.3 is 0 Å². The van der Waals surface area contributed by atoms with Gasteiger partial charge in [-0.1, -0.05) is 50.8 Å². The van der Waals surface area contributed by atoms with Crippen molar-refractivity contribution in [3.05, 3.63) is 78.0 Å². The molecule has 2 aliphatic rings. The summed E-state index contributed by atoms with van der Waals surface area (Å²) in [5.74, 6) is -0.283. The van der Waals surface area contributed by atoms with Crippen LogP contribution in [0.2, 0.25) is 0 Å². The Balaban J connectivity index is 1.86. The number of rotatable bonds is 7. The summed E-state index contributed by atoms with van der Waals surface area (Å²) in [7, 11) is 1.55. The first-order chi connectivity index (χ1) is 16.8. The Morgan fingerprint density at radius 1 is 1.23 bits per heavy atom. The highest BCUT2D eigenvalue weighted by atomic mass is 16.5. The van der Waals surface area contributed by atoms with Crippen molar-refractivity contribution in [2.24, 2.45) is 11.3 Å². The van der Waals surface area contributed by atoms with Crippen LogP contribution in [0.25, 0.3) is 0 Å². The molecule has 7 nitrogen and oxygen atoms in total. The molecule has 1 heterocycles. The molecule has 0 radical (unpaired) electrons. The molecule has 2 aromatic rings. The number of hydrogen-bond acceptors (Lipinski definition) is 6. The number of hydrazine groups is 1. The first-order valence-corrected chi connectivity index (χ1v) is 11.6. The maximum atomic E-state index is 13.6. The summed E-state index contributed by atoms with van der Waals surface area (Å²) in [4.78, 5) is 13.6. The minimum Gasteiger partial charge on any atom is -0.493 e. The Labute approximate surface area is 206 Å². The molecule has 0 amide bonds. The largest absolute Gasteiger partial charge is 0.493 e. The highest BCUT2D eigenvalue weighted by Gasteiger charge is 2.48. The smallest absolute Gasteiger partial charge is 0.161 e. The average Bonchev–Trinajstić information content (AvgIpc) is 2.84. The van der Waals surface area contributed by atoms with Gasteiger partial charge in [0.1, 0.15) is 18.4 Å². The molecule has 2 N–H and O–H groups in total. The maximum absolute atomic E-state index is 13.6. The van der Waals surface area contributed by atoms with Crippen molar-refractivity contribution in [2.45, 2.75) is 32.6 Å². The molecule has 2 aromatic carbocycles. The Morgan fingerprint density at radius 3 is 2.63 bits per heavy atom. The zero-order valence-electron chi connectivity index (χ0n) is 20.3. The molecule has 1 aliphatic heterocycles. The third-order valence-electron chi connectivity index (χ3n) is 6.40. The summed E-state index contributed by atoms with van der Waals surface area (Å²) in [5.41, 5.74) is 5.84. The summed E-state index contributed by atoms with van der Waals surface area (Å²) >= 11 is 0. The van der Waals surface area contributed by atoms with Gasteiger partial charge in [0.15, 0.2) is 17.3 Å². The van der Waals surface area contributed by atoms with E-state index in [4.69, 9.17) is 14.9 Å². The zero-order chi connectivity index (χ0) is 25.2. The molecule has 180 valence electrons. The van der Waals surface area contributed by atoms with Gasteiger partial charge in [0.25, 0.3) is 0 Å². The normalized spacial score (nSPS) is 21.1. The van der Waals surface area contributed by atoms with Gasteiger partial charge in [-0.25, -0.2) is 5.01 Å². The molecule has 0 fully saturated rings. The summed E-state index contributed by atoms with van der Waals surface area (Å²) in [6.45, 7) is 8.11. The second-order valence-electron chi connectivity index (χ2n) is 9.59. The molecule has 2 atom stereocenters. The fourth-order valence-corrected chi connectivity index (χ4v) is 4.87. The predicted octanol–water partition coefficient (Wildman–Crippen LogP) is 5.45. The standard InChI is InChI=1S/C28H30N4O3/c1-5-13-35-23-12-11-18(14-24(23)34-4)25-20(17-29)27(30)32(31-19-9-7-6-8-10-19)21-15-28(2,3)16-22(33)26(21)25/h5-12,14,20,25,30-31H,1,13,15-16H2,2-4H3. The number of allylic oxidation sites excluding steroid dienone is 2. The number of methoxy groups -OCH3 is 1. The third kappa shape index (κ3) is 4.65. The molecular formula is C28H30N4O3. The molecule has 7 heteroatoms. The number of Topliss-reactive ketones (excluding diaryl/α,β-unsaturated/α-hetero) is 1. The monoisotopic (exact) mass is 470 g/mol. The van der Waals surface area contributed by atoms with Gasteiger partial charge < -0.3 is 9.47 Å². The van der Waals surface area contributed by atoms with E-state index in [-0.39, 0.29) is 17.0 Å². The van der Waals surface area contributed by atoms with Crippen LogP contribution in [0, 0.1) is 28.1 Å². The molecule has 35 heavy (non-hydrogen) atoms. The highest BCUT2D eigenvalue weighted by Crippen LogP contribution is 2.49. The van der Waals surface area contributed by atoms with Crippen LogP contribution in [-0.4, -0.2) is 30.3 Å². The van der Waals surface area contributed by atoms with Crippen LogP contribution in [0.1, 0.15) is 38.2 Å². The van der Waals surface area contributed by atoms with Crippen molar-refractivity contribution in [2.75, 3.05) is 19.1 Å². The number of anilines is 1. The van der Waals surface area contributed by atoms with Gasteiger partial charge in [0.05, 0.1) is 18.9 Å². The maximum Gasteiger partial charge on any atom is 0.161 e. The lowest BCUT2D eigenvalue weighted by atomic mass is 9.67.